The van der Waals surface area contributed by atoms with E-state index in [0.29, 0.717) is 5.92 Å². The Morgan fingerprint density at radius 2 is 1.83 bits per heavy atom. The Morgan fingerprint density at radius 3 is 2.39 bits per heavy atom. The Morgan fingerprint density at radius 1 is 1.11 bits per heavy atom. The van der Waals surface area contributed by atoms with Crippen LogP contribution in [0.5, 0.6) is 0 Å². The van der Waals surface area contributed by atoms with Gasteiger partial charge in [0.05, 0.1) is 0 Å². The van der Waals surface area contributed by atoms with E-state index in [-0.39, 0.29) is 6.04 Å². The number of hydrogen-bond donors (Lipinski definition) is 1. The summed E-state index contributed by atoms with van der Waals surface area (Å²) in [5, 5.41) is 2.09. The van der Waals surface area contributed by atoms with Crippen LogP contribution in [0.3, 0.4) is 0 Å². The molecule has 18 heavy (non-hydrogen) atoms. The minimum Gasteiger partial charge on any atom is -0.323 e. The van der Waals surface area contributed by atoms with Gasteiger partial charge in [-0.2, -0.15) is 0 Å². The van der Waals surface area contributed by atoms with Crippen LogP contribution in [-0.2, 0) is 6.42 Å². The van der Waals surface area contributed by atoms with Crippen molar-refractivity contribution in [3.63, 3.8) is 0 Å². The molecule has 1 nitrogen and oxygen atoms in total. The molecule has 1 atom stereocenters. The summed E-state index contributed by atoms with van der Waals surface area (Å²) in [7, 11) is 0. The van der Waals surface area contributed by atoms with Gasteiger partial charge in [0.15, 0.2) is 0 Å². The Hall–Kier alpha value is -1.12. The third-order valence-electron chi connectivity index (χ3n) is 3.30. The normalized spacial score (nSPS) is 12.9. The first-order chi connectivity index (χ1) is 8.66. The van der Waals surface area contributed by atoms with Crippen LogP contribution in [0, 0.1) is 0 Å². The van der Waals surface area contributed by atoms with Gasteiger partial charge in [0, 0.05) is 10.9 Å². The van der Waals surface area contributed by atoms with Crippen molar-refractivity contribution in [3.05, 3.63) is 57.8 Å². The molecule has 2 N–H and O–H groups in total. The highest BCUT2D eigenvalue weighted by molar-refractivity contribution is 7.10. The van der Waals surface area contributed by atoms with Crippen molar-refractivity contribution in [2.24, 2.45) is 5.73 Å². The van der Waals surface area contributed by atoms with Gasteiger partial charge in [-0.15, -0.1) is 11.3 Å². The first kappa shape index (κ1) is 13.3. The molecule has 0 aliphatic heterocycles. The zero-order valence-electron chi connectivity index (χ0n) is 11.1. The van der Waals surface area contributed by atoms with Crippen LogP contribution in [0.2, 0.25) is 0 Å². The second-order valence-corrected chi connectivity index (χ2v) is 6.04. The third-order valence-corrected chi connectivity index (χ3v) is 4.30. The zero-order chi connectivity index (χ0) is 13.0. The molecule has 1 aromatic carbocycles. The predicted molar refractivity (Wildman–Crippen MR) is 80.1 cm³/mol. The van der Waals surface area contributed by atoms with E-state index < -0.39 is 0 Å². The standard InChI is InChI=1S/C16H21NS/c1-12(2)14-8-5-13(6-9-14)7-10-15(17)16-4-3-11-18-16/h3-6,8-9,11-12,15H,7,10,17H2,1-2H3. The molecule has 0 amide bonds. The van der Waals surface area contributed by atoms with Gasteiger partial charge >= 0.3 is 0 Å². The average molecular weight is 259 g/mol. The lowest BCUT2D eigenvalue weighted by atomic mass is 9.99. The van der Waals surface area contributed by atoms with Crippen molar-refractivity contribution in [2.75, 3.05) is 0 Å². The van der Waals surface area contributed by atoms with E-state index in [1.54, 1.807) is 11.3 Å². The minimum atomic E-state index is 0.176. The Labute approximate surface area is 114 Å². The fourth-order valence-electron chi connectivity index (χ4n) is 2.04. The molecule has 0 saturated carbocycles. The fourth-order valence-corrected chi connectivity index (χ4v) is 2.80. The minimum absolute atomic E-state index is 0.176. The molecule has 0 aliphatic carbocycles. The van der Waals surface area contributed by atoms with E-state index in [2.05, 4.69) is 55.6 Å². The van der Waals surface area contributed by atoms with Crippen LogP contribution in [-0.4, -0.2) is 0 Å². The Bertz CT molecular complexity index is 456. The van der Waals surface area contributed by atoms with Gasteiger partial charge in [0.2, 0.25) is 0 Å². The van der Waals surface area contributed by atoms with Gasteiger partial charge in [-0.3, -0.25) is 0 Å². The molecule has 0 saturated heterocycles. The first-order valence-electron chi connectivity index (χ1n) is 6.54. The molecule has 1 unspecified atom stereocenters. The lowest BCUT2D eigenvalue weighted by Crippen LogP contribution is -2.09. The second-order valence-electron chi connectivity index (χ2n) is 5.06. The summed E-state index contributed by atoms with van der Waals surface area (Å²) < 4.78 is 0. The van der Waals surface area contributed by atoms with E-state index in [1.807, 2.05) is 0 Å². The van der Waals surface area contributed by atoms with Gasteiger partial charge in [-0.05, 0) is 41.3 Å². The number of benzene rings is 1. The summed E-state index contributed by atoms with van der Waals surface area (Å²) in [4.78, 5) is 1.29. The molecule has 0 spiro atoms. The highest BCUT2D eigenvalue weighted by atomic mass is 32.1. The zero-order valence-corrected chi connectivity index (χ0v) is 11.9. The van der Waals surface area contributed by atoms with Crippen LogP contribution in [0.25, 0.3) is 0 Å². The molecule has 0 aliphatic rings. The van der Waals surface area contributed by atoms with Crippen molar-refractivity contribution >= 4 is 11.3 Å². The van der Waals surface area contributed by atoms with E-state index in [1.165, 1.54) is 16.0 Å². The summed E-state index contributed by atoms with van der Waals surface area (Å²) in [6.45, 7) is 4.45. The summed E-state index contributed by atoms with van der Waals surface area (Å²) >= 11 is 1.75. The second kappa shape index (κ2) is 6.17. The highest BCUT2D eigenvalue weighted by Gasteiger charge is 2.07. The van der Waals surface area contributed by atoms with Crippen LogP contribution in [0.4, 0.5) is 0 Å². The largest absolute Gasteiger partial charge is 0.323 e. The molecule has 2 heteroatoms. The van der Waals surface area contributed by atoms with Gasteiger partial charge in [0.25, 0.3) is 0 Å². The molecule has 1 aromatic heterocycles. The number of thiophene rings is 1. The van der Waals surface area contributed by atoms with E-state index in [4.69, 9.17) is 5.73 Å². The molecule has 0 bridgehead atoms. The van der Waals surface area contributed by atoms with Gasteiger partial charge in [-0.1, -0.05) is 44.2 Å². The number of aryl methyl sites for hydroxylation is 1. The predicted octanol–water partition coefficient (Wildman–Crippen LogP) is 4.50. The molecule has 0 fully saturated rings. The first-order valence-corrected chi connectivity index (χ1v) is 7.42. The number of hydrogen-bond acceptors (Lipinski definition) is 2. The molecule has 0 radical (unpaired) electrons. The van der Waals surface area contributed by atoms with Crippen molar-refractivity contribution < 1.29 is 0 Å². The Kier molecular flexibility index (Phi) is 4.56. The molecule has 1 heterocycles. The van der Waals surface area contributed by atoms with Crippen molar-refractivity contribution in [3.8, 4) is 0 Å². The smallest absolute Gasteiger partial charge is 0.0392 e. The summed E-state index contributed by atoms with van der Waals surface area (Å²) in [6.07, 6.45) is 2.07. The van der Waals surface area contributed by atoms with Crippen LogP contribution in [0.1, 0.15) is 48.2 Å². The summed E-state index contributed by atoms with van der Waals surface area (Å²) in [5.74, 6) is 0.604. The summed E-state index contributed by atoms with van der Waals surface area (Å²) in [6, 6.07) is 13.3. The van der Waals surface area contributed by atoms with Crippen molar-refractivity contribution in [1.82, 2.24) is 0 Å². The topological polar surface area (TPSA) is 26.0 Å². The molecule has 2 aromatic rings. The van der Waals surface area contributed by atoms with E-state index in [0.717, 1.165) is 12.8 Å². The molecular weight excluding hydrogens is 238 g/mol. The SMILES string of the molecule is CC(C)c1ccc(CCC(N)c2cccs2)cc1. The highest BCUT2D eigenvalue weighted by Crippen LogP contribution is 2.22. The average Bonchev–Trinajstić information content (AvgIpc) is 2.90. The summed E-state index contributed by atoms with van der Waals surface area (Å²) in [5.41, 5.74) is 8.96. The number of rotatable bonds is 5. The molecule has 2 rings (SSSR count). The van der Waals surface area contributed by atoms with Gasteiger partial charge < -0.3 is 5.73 Å². The van der Waals surface area contributed by atoms with Gasteiger partial charge in [0.1, 0.15) is 0 Å². The van der Waals surface area contributed by atoms with Crippen LogP contribution in [0.15, 0.2) is 41.8 Å². The monoisotopic (exact) mass is 259 g/mol. The number of nitrogens with two attached hydrogens (primary N) is 1. The maximum atomic E-state index is 6.18. The van der Waals surface area contributed by atoms with Crippen LogP contribution < -0.4 is 5.73 Å². The lowest BCUT2D eigenvalue weighted by molar-refractivity contribution is 0.662. The van der Waals surface area contributed by atoms with Crippen LogP contribution >= 0.6 is 11.3 Å². The maximum Gasteiger partial charge on any atom is 0.0392 e. The quantitative estimate of drug-likeness (QED) is 0.840. The molecule has 96 valence electrons. The third kappa shape index (κ3) is 3.44. The van der Waals surface area contributed by atoms with E-state index in [9.17, 15) is 0 Å². The molecular formula is C16H21NS. The lowest BCUT2D eigenvalue weighted by Gasteiger charge is -2.10. The fraction of sp³-hybridized carbons (Fsp3) is 0.375. The van der Waals surface area contributed by atoms with Crippen molar-refractivity contribution in [1.29, 1.82) is 0 Å². The van der Waals surface area contributed by atoms with E-state index >= 15 is 0 Å². The Balaban J connectivity index is 1.90. The van der Waals surface area contributed by atoms with Crippen molar-refractivity contribution in [2.45, 2.75) is 38.6 Å². The van der Waals surface area contributed by atoms with Gasteiger partial charge in [-0.25, -0.2) is 0 Å². The maximum absolute atomic E-state index is 6.18.